The van der Waals surface area contributed by atoms with Crippen molar-refractivity contribution in [3.8, 4) is 11.5 Å². The van der Waals surface area contributed by atoms with Gasteiger partial charge in [-0.25, -0.2) is 0 Å². The molecule has 20 heavy (non-hydrogen) atoms. The van der Waals surface area contributed by atoms with Gasteiger partial charge in [0, 0.05) is 11.9 Å². The van der Waals surface area contributed by atoms with Crippen molar-refractivity contribution in [2.75, 3.05) is 13.2 Å². The number of hydrogen-bond acceptors (Lipinski definition) is 4. The van der Waals surface area contributed by atoms with E-state index in [-0.39, 0.29) is 0 Å². The molecule has 0 saturated heterocycles. The highest BCUT2D eigenvalue weighted by Crippen LogP contribution is 2.10. The normalized spacial score (nSPS) is 10.1. The summed E-state index contributed by atoms with van der Waals surface area (Å²) >= 11 is 0. The Morgan fingerprint density at radius 2 is 1.45 bits per heavy atom. The van der Waals surface area contributed by atoms with Gasteiger partial charge in [0.1, 0.15) is 11.5 Å². The van der Waals surface area contributed by atoms with Crippen molar-refractivity contribution in [3.05, 3.63) is 54.6 Å². The van der Waals surface area contributed by atoms with E-state index in [4.69, 9.17) is 9.47 Å². The summed E-state index contributed by atoms with van der Waals surface area (Å²) in [7, 11) is -1.52. The van der Waals surface area contributed by atoms with Gasteiger partial charge in [-0.3, -0.25) is 0 Å². The molecule has 0 amide bonds. The molecule has 0 aliphatic carbocycles. The van der Waals surface area contributed by atoms with Crippen molar-refractivity contribution < 1.29 is 19.5 Å². The molecule has 2 aromatic rings. The third-order valence-electron chi connectivity index (χ3n) is 2.76. The highest BCUT2D eigenvalue weighted by atomic mass is 16.5. The Morgan fingerprint density at radius 1 is 0.800 bits per heavy atom. The molecule has 2 rings (SSSR count). The van der Waals surface area contributed by atoms with Crippen molar-refractivity contribution in [2.45, 2.75) is 6.42 Å². The number of ether oxygens (including phenoxy) is 2. The molecule has 0 radical (unpaired) electrons. The van der Waals surface area contributed by atoms with Gasteiger partial charge in [-0.1, -0.05) is 36.4 Å². The second-order valence-electron chi connectivity index (χ2n) is 4.28. The molecule has 0 aliphatic heterocycles. The van der Waals surface area contributed by atoms with Gasteiger partial charge in [-0.05, 0) is 18.2 Å². The second kappa shape index (κ2) is 7.57. The SMILES string of the molecule is OB(O)c1ccccc1OCCCOc1ccccc1. The molecule has 0 saturated carbocycles. The molecule has 104 valence electrons. The molecule has 4 nitrogen and oxygen atoms in total. The van der Waals surface area contributed by atoms with E-state index in [2.05, 4.69) is 0 Å². The first-order valence-corrected chi connectivity index (χ1v) is 6.53. The summed E-state index contributed by atoms with van der Waals surface area (Å²) in [5, 5.41) is 18.4. The summed E-state index contributed by atoms with van der Waals surface area (Å²) in [6.45, 7) is 1.00. The summed E-state index contributed by atoms with van der Waals surface area (Å²) in [4.78, 5) is 0. The van der Waals surface area contributed by atoms with E-state index in [0.29, 0.717) is 30.8 Å². The monoisotopic (exact) mass is 272 g/mol. The van der Waals surface area contributed by atoms with Crippen LogP contribution in [0.4, 0.5) is 0 Å². The van der Waals surface area contributed by atoms with E-state index in [0.717, 1.165) is 5.75 Å². The lowest BCUT2D eigenvalue weighted by molar-refractivity contribution is 0.248. The molecule has 2 N–H and O–H groups in total. The van der Waals surface area contributed by atoms with Crippen molar-refractivity contribution in [2.24, 2.45) is 0 Å². The first kappa shape index (κ1) is 14.4. The number of para-hydroxylation sites is 2. The highest BCUT2D eigenvalue weighted by Gasteiger charge is 2.15. The Hall–Kier alpha value is -1.98. The van der Waals surface area contributed by atoms with Crippen molar-refractivity contribution in [3.63, 3.8) is 0 Å². The standard InChI is InChI=1S/C15H17BO4/c17-16(18)14-9-4-5-10-15(14)20-12-6-11-19-13-7-2-1-3-8-13/h1-5,7-10,17-18H,6,11-12H2. The molecule has 0 aliphatic rings. The van der Waals surface area contributed by atoms with E-state index in [9.17, 15) is 10.0 Å². The van der Waals surface area contributed by atoms with Gasteiger partial charge in [0.05, 0.1) is 13.2 Å². The lowest BCUT2D eigenvalue weighted by Gasteiger charge is -2.11. The second-order valence-corrected chi connectivity index (χ2v) is 4.28. The minimum absolute atomic E-state index is 0.372. The first-order valence-electron chi connectivity index (χ1n) is 6.53. The average molecular weight is 272 g/mol. The molecule has 0 aromatic heterocycles. The van der Waals surface area contributed by atoms with Gasteiger partial charge in [0.25, 0.3) is 0 Å². The van der Waals surface area contributed by atoms with Crippen LogP contribution in [0.3, 0.4) is 0 Å². The number of hydrogen-bond donors (Lipinski definition) is 2. The fourth-order valence-electron chi connectivity index (χ4n) is 1.77. The minimum atomic E-state index is -1.52. The molecule has 0 heterocycles. The summed E-state index contributed by atoms with van der Waals surface area (Å²) in [6, 6.07) is 16.5. The molecular weight excluding hydrogens is 255 g/mol. The topological polar surface area (TPSA) is 58.9 Å². The highest BCUT2D eigenvalue weighted by molar-refractivity contribution is 6.59. The van der Waals surface area contributed by atoms with Crippen LogP contribution in [0.1, 0.15) is 6.42 Å². The fraction of sp³-hybridized carbons (Fsp3) is 0.200. The van der Waals surface area contributed by atoms with Crippen molar-refractivity contribution >= 4 is 12.6 Å². The van der Waals surface area contributed by atoms with Crippen LogP contribution in [-0.2, 0) is 0 Å². The Morgan fingerprint density at radius 3 is 2.20 bits per heavy atom. The summed E-state index contributed by atoms with van der Waals surface area (Å²) in [5.41, 5.74) is 0.372. The van der Waals surface area contributed by atoms with Crippen LogP contribution in [0.2, 0.25) is 0 Å². The van der Waals surface area contributed by atoms with Crippen LogP contribution in [0.5, 0.6) is 11.5 Å². The van der Waals surface area contributed by atoms with Gasteiger partial charge in [-0.15, -0.1) is 0 Å². The van der Waals surface area contributed by atoms with Gasteiger partial charge in [-0.2, -0.15) is 0 Å². The lowest BCUT2D eigenvalue weighted by Crippen LogP contribution is -2.31. The van der Waals surface area contributed by atoms with E-state index >= 15 is 0 Å². The number of benzene rings is 2. The summed E-state index contributed by atoms with van der Waals surface area (Å²) in [6.07, 6.45) is 0.713. The van der Waals surface area contributed by atoms with Crippen molar-refractivity contribution in [1.82, 2.24) is 0 Å². The number of rotatable bonds is 7. The van der Waals surface area contributed by atoms with Gasteiger partial charge in [0.2, 0.25) is 0 Å². The van der Waals surface area contributed by atoms with E-state index < -0.39 is 7.12 Å². The fourth-order valence-corrected chi connectivity index (χ4v) is 1.77. The Bertz CT molecular complexity index is 516. The Balaban J connectivity index is 1.74. The zero-order valence-electron chi connectivity index (χ0n) is 11.1. The summed E-state index contributed by atoms with van der Waals surface area (Å²) in [5.74, 6) is 1.32. The lowest BCUT2D eigenvalue weighted by atomic mass is 9.79. The predicted octanol–water partition coefficient (Wildman–Crippen LogP) is 1.21. The zero-order valence-corrected chi connectivity index (χ0v) is 11.1. The van der Waals surface area contributed by atoms with Gasteiger partial charge >= 0.3 is 7.12 Å². The molecule has 0 unspecified atom stereocenters. The molecule has 0 atom stereocenters. The van der Waals surface area contributed by atoms with E-state index in [1.807, 2.05) is 30.3 Å². The van der Waals surface area contributed by atoms with Crippen LogP contribution in [0.25, 0.3) is 0 Å². The molecule has 0 fully saturated rings. The summed E-state index contributed by atoms with van der Waals surface area (Å²) < 4.78 is 11.1. The van der Waals surface area contributed by atoms with Crippen LogP contribution < -0.4 is 14.9 Å². The average Bonchev–Trinajstić information content (AvgIpc) is 2.48. The third kappa shape index (κ3) is 4.29. The minimum Gasteiger partial charge on any atom is -0.494 e. The smallest absolute Gasteiger partial charge is 0.492 e. The Kier molecular flexibility index (Phi) is 5.47. The van der Waals surface area contributed by atoms with E-state index in [1.165, 1.54) is 0 Å². The van der Waals surface area contributed by atoms with Crippen LogP contribution in [-0.4, -0.2) is 30.4 Å². The quantitative estimate of drug-likeness (QED) is 0.587. The molecule has 0 bridgehead atoms. The third-order valence-corrected chi connectivity index (χ3v) is 2.76. The van der Waals surface area contributed by atoms with Crippen LogP contribution >= 0.6 is 0 Å². The maximum absolute atomic E-state index is 9.21. The van der Waals surface area contributed by atoms with Crippen LogP contribution in [0.15, 0.2) is 54.6 Å². The zero-order chi connectivity index (χ0) is 14.2. The molecule has 5 heteroatoms. The maximum atomic E-state index is 9.21. The largest absolute Gasteiger partial charge is 0.494 e. The first-order chi connectivity index (χ1) is 9.77. The van der Waals surface area contributed by atoms with Gasteiger partial charge < -0.3 is 19.5 Å². The van der Waals surface area contributed by atoms with Gasteiger partial charge in [0.15, 0.2) is 0 Å². The Labute approximate surface area is 118 Å². The molecular formula is C15H17BO4. The van der Waals surface area contributed by atoms with Crippen molar-refractivity contribution in [1.29, 1.82) is 0 Å². The molecule has 0 spiro atoms. The van der Waals surface area contributed by atoms with Crippen LogP contribution in [0, 0.1) is 0 Å². The molecule has 2 aromatic carbocycles. The predicted molar refractivity (Wildman–Crippen MR) is 78.3 cm³/mol. The maximum Gasteiger partial charge on any atom is 0.492 e. The van der Waals surface area contributed by atoms with E-state index in [1.54, 1.807) is 24.3 Å².